The number of hydrogen-bond acceptors (Lipinski definition) is 12. The van der Waals surface area contributed by atoms with Gasteiger partial charge in [0, 0.05) is 11.8 Å². The van der Waals surface area contributed by atoms with Gasteiger partial charge in [-0.1, -0.05) is 96.1 Å². The van der Waals surface area contributed by atoms with E-state index in [-0.39, 0.29) is 52.4 Å². The molecule has 80 heavy (non-hydrogen) atoms. The summed E-state index contributed by atoms with van der Waals surface area (Å²) in [6.45, 7) is 35.7. The third-order valence-electron chi connectivity index (χ3n) is 17.2. The van der Waals surface area contributed by atoms with Crippen molar-refractivity contribution < 1.29 is 58.2 Å². The third-order valence-corrected chi connectivity index (χ3v) is 17.2. The maximum atomic E-state index is 12.4. The van der Waals surface area contributed by atoms with E-state index in [1.54, 1.807) is 57.2 Å². The molecule has 12 heteroatoms. The van der Waals surface area contributed by atoms with Crippen LogP contribution >= 0.6 is 0 Å². The van der Waals surface area contributed by atoms with E-state index in [1.165, 1.54) is 5.56 Å². The zero-order chi connectivity index (χ0) is 59.7. The molecule has 4 aliphatic rings. The van der Waals surface area contributed by atoms with Gasteiger partial charge < -0.3 is 39.0 Å². The van der Waals surface area contributed by atoms with Crippen LogP contribution in [0.4, 0.5) is 4.79 Å². The molecular weight excluding hydrogens is 1010 g/mol. The second-order valence-electron chi connectivity index (χ2n) is 29.4. The van der Waals surface area contributed by atoms with E-state index < -0.39 is 34.5 Å². The van der Waals surface area contributed by atoms with Crippen LogP contribution < -0.4 is 4.74 Å². The van der Waals surface area contributed by atoms with E-state index >= 15 is 0 Å². The molecule has 442 valence electrons. The minimum Gasteiger partial charge on any atom is -0.460 e. The van der Waals surface area contributed by atoms with Gasteiger partial charge in [0.1, 0.15) is 28.2 Å². The van der Waals surface area contributed by atoms with Gasteiger partial charge in [-0.25, -0.2) is 14.4 Å². The summed E-state index contributed by atoms with van der Waals surface area (Å²) in [5.41, 5.74) is 0.241. The summed E-state index contributed by atoms with van der Waals surface area (Å²) in [6.07, 6.45) is 6.71. The van der Waals surface area contributed by atoms with Crippen molar-refractivity contribution in [2.45, 2.75) is 230 Å². The van der Waals surface area contributed by atoms with Gasteiger partial charge in [-0.05, 0) is 233 Å². The molecule has 8 rings (SSSR count). The molecule has 3 N–H and O–H groups in total. The standard InChI is InChI=1S/C28H48O5.C20H24O5.C20H26O2/c1-16(7-10-24(32)33-26(2,3)4)19-8-9-20-25-21(15-23(31)28(19,20)6)27(5)12-11-18(29)13-17(27)14-22(25)30;1-19(2,3)24-17(21)15-11-7-10-14-13(15)9-8-12-16(14)23-18(22)25-20(4,5)6;1-19(2,3)13-14-9-7-11-16-15(14)10-8-12-17(16)18(21)22-20(4,5)6/h16-23,25,29-31H,7-15H2,1-6H3;7-12H,1-6H3;7-12H,13H2,1-6H3. The van der Waals surface area contributed by atoms with Crippen molar-refractivity contribution in [1.82, 2.24) is 0 Å². The number of esters is 3. The summed E-state index contributed by atoms with van der Waals surface area (Å²) in [6, 6.07) is 22.4. The summed E-state index contributed by atoms with van der Waals surface area (Å²) >= 11 is 0. The van der Waals surface area contributed by atoms with Crippen molar-refractivity contribution in [3.05, 3.63) is 89.5 Å². The quantitative estimate of drug-likeness (QED) is 0.0866. The average molecular weight is 1110 g/mol. The van der Waals surface area contributed by atoms with Crippen molar-refractivity contribution >= 4 is 45.6 Å². The van der Waals surface area contributed by atoms with E-state index in [1.807, 2.05) is 86.6 Å². The van der Waals surface area contributed by atoms with Crippen LogP contribution in [0, 0.1) is 51.8 Å². The minimum absolute atomic E-state index is 0.103. The van der Waals surface area contributed by atoms with Crippen LogP contribution in [0.15, 0.2) is 72.8 Å². The number of rotatable bonds is 8. The summed E-state index contributed by atoms with van der Waals surface area (Å²) < 4.78 is 27.0. The largest absolute Gasteiger partial charge is 0.514 e. The number of aliphatic hydroxyl groups excluding tert-OH is 3. The number of carbonyl (C=O) groups is 4. The fraction of sp³-hybridized carbons (Fsp3) is 0.647. The molecule has 4 fully saturated rings. The molecule has 11 atom stereocenters. The van der Waals surface area contributed by atoms with Gasteiger partial charge in [-0.15, -0.1) is 0 Å². The van der Waals surface area contributed by atoms with Crippen molar-refractivity contribution in [2.24, 2.45) is 51.8 Å². The van der Waals surface area contributed by atoms with E-state index in [9.17, 15) is 34.5 Å². The van der Waals surface area contributed by atoms with Gasteiger partial charge in [0.2, 0.25) is 0 Å². The smallest absolute Gasteiger partial charge is 0.460 e. The average Bonchev–Trinajstić information content (AvgIpc) is 3.68. The summed E-state index contributed by atoms with van der Waals surface area (Å²) in [4.78, 5) is 49.1. The van der Waals surface area contributed by atoms with Crippen molar-refractivity contribution in [2.75, 3.05) is 0 Å². The van der Waals surface area contributed by atoms with Crippen LogP contribution in [0.2, 0.25) is 0 Å². The fourth-order valence-electron chi connectivity index (χ4n) is 13.9. The molecule has 4 saturated carbocycles. The van der Waals surface area contributed by atoms with Gasteiger partial charge in [0.25, 0.3) is 0 Å². The Labute approximate surface area is 478 Å². The highest BCUT2D eigenvalue weighted by molar-refractivity contribution is 6.07. The van der Waals surface area contributed by atoms with Gasteiger partial charge in [0.15, 0.2) is 0 Å². The lowest BCUT2D eigenvalue weighted by Crippen LogP contribution is -2.62. The molecule has 4 aliphatic carbocycles. The lowest BCUT2D eigenvalue weighted by atomic mass is 9.43. The maximum absolute atomic E-state index is 12.4. The number of aliphatic hydroxyl groups is 3. The van der Waals surface area contributed by atoms with Crippen LogP contribution in [-0.4, -0.2) is 80.1 Å². The predicted octanol–water partition coefficient (Wildman–Crippen LogP) is 15.2. The molecule has 4 aromatic rings. The number of ether oxygens (including phenoxy) is 5. The first-order valence-corrected chi connectivity index (χ1v) is 29.5. The molecule has 0 aliphatic heterocycles. The number of benzene rings is 4. The Bertz CT molecular complexity index is 2820. The van der Waals surface area contributed by atoms with Crippen LogP contribution in [0.25, 0.3) is 21.5 Å². The Morgan fingerprint density at radius 1 is 0.588 bits per heavy atom. The van der Waals surface area contributed by atoms with Gasteiger partial charge in [0.05, 0.1) is 29.4 Å². The Kier molecular flexibility index (Phi) is 19.6. The molecule has 0 amide bonds. The van der Waals surface area contributed by atoms with Crippen LogP contribution in [0.5, 0.6) is 5.75 Å². The van der Waals surface area contributed by atoms with Gasteiger partial charge >= 0.3 is 24.1 Å². The summed E-state index contributed by atoms with van der Waals surface area (Å²) in [5, 5.41) is 36.7. The second-order valence-corrected chi connectivity index (χ2v) is 29.4. The number of hydrogen-bond donors (Lipinski definition) is 3. The van der Waals surface area contributed by atoms with Crippen LogP contribution in [-0.2, 0) is 30.2 Å². The molecule has 0 bridgehead atoms. The van der Waals surface area contributed by atoms with Crippen molar-refractivity contribution in [1.29, 1.82) is 0 Å². The summed E-state index contributed by atoms with van der Waals surface area (Å²) in [5.74, 6) is 1.41. The van der Waals surface area contributed by atoms with Crippen LogP contribution in [0.3, 0.4) is 0 Å². The normalized spacial score (nSPS) is 27.1. The van der Waals surface area contributed by atoms with E-state index in [0.717, 1.165) is 68.6 Å². The highest BCUT2D eigenvalue weighted by Gasteiger charge is 2.65. The fourth-order valence-corrected chi connectivity index (χ4v) is 13.9. The van der Waals surface area contributed by atoms with Crippen LogP contribution in [0.1, 0.15) is 209 Å². The molecular formula is C68H98O12. The number of carbonyl (C=O) groups excluding carboxylic acids is 4. The Hall–Kier alpha value is -5.04. The SMILES string of the molecule is CC(C)(C)Cc1cccc2c(C(=O)OC(C)(C)C)cccc12.CC(C)(C)OC(=O)Oc1cccc2c(C(=O)OC(C)(C)C)cccc12.CC(CCC(=O)OC(C)(C)C)C1CCC2C3C(O)CC4CC(O)CCC4(C)C3CC(O)C12C. The first-order valence-electron chi connectivity index (χ1n) is 29.5. The highest BCUT2D eigenvalue weighted by Crippen LogP contribution is 2.68. The predicted molar refractivity (Wildman–Crippen MR) is 317 cm³/mol. The summed E-state index contributed by atoms with van der Waals surface area (Å²) in [7, 11) is 0. The molecule has 0 spiro atoms. The Balaban J connectivity index is 0.000000199. The van der Waals surface area contributed by atoms with Gasteiger partial charge in [-0.2, -0.15) is 0 Å². The Morgan fingerprint density at radius 2 is 1.10 bits per heavy atom. The molecule has 11 unspecified atom stereocenters. The van der Waals surface area contributed by atoms with E-state index in [2.05, 4.69) is 53.7 Å². The zero-order valence-corrected chi connectivity index (χ0v) is 51.7. The van der Waals surface area contributed by atoms with E-state index in [0.29, 0.717) is 63.7 Å². The second kappa shape index (κ2) is 24.4. The lowest BCUT2D eigenvalue weighted by Gasteiger charge is -2.63. The molecule has 0 radical (unpaired) electrons. The molecule has 4 aromatic carbocycles. The molecule has 0 saturated heterocycles. The lowest BCUT2D eigenvalue weighted by molar-refractivity contribution is -0.207. The first kappa shape index (κ1) is 64.1. The Morgan fingerprint density at radius 3 is 1.65 bits per heavy atom. The molecule has 0 aromatic heterocycles. The highest BCUT2D eigenvalue weighted by atomic mass is 16.7. The first-order chi connectivity index (χ1) is 36.8. The van der Waals surface area contributed by atoms with Crippen molar-refractivity contribution in [3.8, 4) is 5.75 Å². The van der Waals surface area contributed by atoms with E-state index in [4.69, 9.17) is 23.7 Å². The minimum atomic E-state index is -0.789. The van der Waals surface area contributed by atoms with Crippen molar-refractivity contribution in [3.63, 3.8) is 0 Å². The number of fused-ring (bicyclic) bond motifs is 7. The third kappa shape index (κ3) is 15.9. The molecule has 0 heterocycles. The molecule has 12 nitrogen and oxygen atoms in total. The van der Waals surface area contributed by atoms with Gasteiger partial charge in [-0.3, -0.25) is 4.79 Å². The monoisotopic (exact) mass is 1110 g/mol. The topological polar surface area (TPSA) is 175 Å². The maximum Gasteiger partial charge on any atom is 0.514 e. The zero-order valence-electron chi connectivity index (χ0n) is 51.7.